The summed E-state index contributed by atoms with van der Waals surface area (Å²) in [6.45, 7) is 1.13. The second-order valence-electron chi connectivity index (χ2n) is 8.88. The number of nitrogens with one attached hydrogen (secondary N) is 2. The lowest BCUT2D eigenvalue weighted by atomic mass is 9.81. The number of anilines is 2. The molecule has 9 heteroatoms. The van der Waals surface area contributed by atoms with Gasteiger partial charge in [0.2, 0.25) is 11.8 Å². The van der Waals surface area contributed by atoms with Gasteiger partial charge in [-0.15, -0.1) is 0 Å². The van der Waals surface area contributed by atoms with Gasteiger partial charge in [-0.3, -0.25) is 14.5 Å². The Morgan fingerprint density at radius 3 is 2.73 bits per heavy atom. The summed E-state index contributed by atoms with van der Waals surface area (Å²) in [4.78, 5) is 26.6. The van der Waals surface area contributed by atoms with E-state index in [2.05, 4.69) is 10.6 Å². The van der Waals surface area contributed by atoms with Crippen LogP contribution in [0.15, 0.2) is 42.5 Å². The highest BCUT2D eigenvalue weighted by Crippen LogP contribution is 2.46. The second-order valence-corrected chi connectivity index (χ2v) is 8.88. The zero-order valence-corrected chi connectivity index (χ0v) is 17.9. The number of halogens is 3. The summed E-state index contributed by atoms with van der Waals surface area (Å²) in [5.41, 5.74) is 1.82. The van der Waals surface area contributed by atoms with Gasteiger partial charge in [-0.25, -0.2) is 0 Å². The molecule has 0 radical (unpaired) electrons. The Morgan fingerprint density at radius 1 is 1.21 bits per heavy atom. The molecule has 0 atom stereocenters. The number of alkyl halides is 3. The van der Waals surface area contributed by atoms with Crippen LogP contribution in [0, 0.1) is 0 Å². The maximum absolute atomic E-state index is 13.3. The number of carbonyl (C=O) groups is 2. The van der Waals surface area contributed by atoms with Gasteiger partial charge in [0, 0.05) is 48.9 Å². The fourth-order valence-electron chi connectivity index (χ4n) is 4.87. The standard InChI is InChI=1S/C24H22F3N3O3/c1-30-12-23(13-30)11-14(16-6-5-15(24(25,26)27)10-20(16)33-23)9-22(32)29-19-4-2-3-18-17(19)7-8-21(31)28-18/h2-6,9-10H,7-8,11-13H2,1H3,(H,28,31)(H,29,32)/b14-9+. The highest BCUT2D eigenvalue weighted by molar-refractivity contribution is 6.06. The molecule has 0 unspecified atom stereocenters. The number of rotatable bonds is 2. The summed E-state index contributed by atoms with van der Waals surface area (Å²) in [5.74, 6) is -0.310. The number of likely N-dealkylation sites (N-methyl/N-ethyl adjacent to an activating group) is 1. The fraction of sp³-hybridized carbons (Fsp3) is 0.333. The predicted molar refractivity (Wildman–Crippen MR) is 117 cm³/mol. The van der Waals surface area contributed by atoms with Crippen molar-refractivity contribution in [2.24, 2.45) is 0 Å². The van der Waals surface area contributed by atoms with E-state index in [9.17, 15) is 22.8 Å². The average molecular weight is 457 g/mol. The summed E-state index contributed by atoms with van der Waals surface area (Å²) in [6, 6.07) is 8.68. The first-order chi connectivity index (χ1) is 15.6. The molecule has 3 heterocycles. The number of ether oxygens (including phenoxy) is 1. The highest BCUT2D eigenvalue weighted by Gasteiger charge is 2.47. The number of fused-ring (bicyclic) bond motifs is 2. The van der Waals surface area contributed by atoms with Gasteiger partial charge in [0.05, 0.1) is 5.56 Å². The summed E-state index contributed by atoms with van der Waals surface area (Å²) in [5, 5.41) is 5.67. The molecule has 1 saturated heterocycles. The third kappa shape index (κ3) is 4.08. The van der Waals surface area contributed by atoms with Gasteiger partial charge in [0.1, 0.15) is 11.4 Å². The first-order valence-electron chi connectivity index (χ1n) is 10.6. The SMILES string of the molecule is CN1CC2(C/C(=C\C(=O)Nc3cccc4c3CCC(=O)N4)c3ccc(C(F)(F)F)cc3O2)C1. The Balaban J connectivity index is 1.46. The van der Waals surface area contributed by atoms with Crippen LogP contribution in [0.2, 0.25) is 0 Å². The van der Waals surface area contributed by atoms with Crippen molar-refractivity contribution in [2.45, 2.75) is 31.0 Å². The van der Waals surface area contributed by atoms with Crippen LogP contribution in [0.1, 0.15) is 29.5 Å². The van der Waals surface area contributed by atoms with Gasteiger partial charge in [0.25, 0.3) is 0 Å². The Kier molecular flexibility index (Phi) is 4.97. The third-order valence-electron chi connectivity index (χ3n) is 6.23. The van der Waals surface area contributed by atoms with Crippen molar-refractivity contribution in [2.75, 3.05) is 30.8 Å². The number of likely N-dealkylation sites (tertiary alicyclic amines) is 1. The van der Waals surface area contributed by atoms with E-state index in [1.165, 1.54) is 12.1 Å². The molecule has 172 valence electrons. The largest absolute Gasteiger partial charge is 0.484 e. The molecule has 3 aliphatic heterocycles. The average Bonchev–Trinajstić information content (AvgIpc) is 2.71. The van der Waals surface area contributed by atoms with Crippen LogP contribution in [0.25, 0.3) is 5.57 Å². The van der Waals surface area contributed by atoms with Gasteiger partial charge in [-0.05, 0) is 48.9 Å². The minimum absolute atomic E-state index is 0.0686. The zero-order chi connectivity index (χ0) is 23.4. The molecule has 6 nitrogen and oxygen atoms in total. The molecular formula is C24H22F3N3O3. The summed E-state index contributed by atoms with van der Waals surface area (Å²) in [7, 11) is 1.91. The van der Waals surface area contributed by atoms with E-state index in [1.807, 2.05) is 11.9 Å². The molecule has 1 fully saturated rings. The van der Waals surface area contributed by atoms with Crippen LogP contribution in [0.3, 0.4) is 0 Å². The minimum atomic E-state index is -4.48. The Hall–Kier alpha value is -3.33. The summed E-state index contributed by atoms with van der Waals surface area (Å²) >= 11 is 0. The topological polar surface area (TPSA) is 70.7 Å². The molecule has 2 aromatic carbocycles. The van der Waals surface area contributed by atoms with Crippen molar-refractivity contribution in [1.29, 1.82) is 0 Å². The molecule has 3 aliphatic rings. The smallest absolute Gasteiger partial charge is 0.416 e. The van der Waals surface area contributed by atoms with Crippen molar-refractivity contribution in [1.82, 2.24) is 4.90 Å². The van der Waals surface area contributed by atoms with Gasteiger partial charge in [-0.2, -0.15) is 13.2 Å². The van der Waals surface area contributed by atoms with Crippen LogP contribution in [0.4, 0.5) is 24.5 Å². The quantitative estimate of drug-likeness (QED) is 0.667. The van der Waals surface area contributed by atoms with Crippen molar-refractivity contribution < 1.29 is 27.5 Å². The predicted octanol–water partition coefficient (Wildman–Crippen LogP) is 4.08. The number of carbonyl (C=O) groups excluding carboxylic acids is 2. The molecule has 2 N–H and O–H groups in total. The lowest BCUT2D eigenvalue weighted by Gasteiger charge is -2.51. The van der Waals surface area contributed by atoms with E-state index in [0.717, 1.165) is 17.7 Å². The van der Waals surface area contributed by atoms with E-state index in [1.54, 1.807) is 18.2 Å². The maximum Gasteiger partial charge on any atom is 0.416 e. The number of benzene rings is 2. The Bertz CT molecular complexity index is 1180. The molecule has 1 spiro atoms. The molecular weight excluding hydrogens is 435 g/mol. The Labute approximate surface area is 188 Å². The number of amides is 2. The van der Waals surface area contributed by atoms with Gasteiger partial charge >= 0.3 is 6.18 Å². The molecule has 33 heavy (non-hydrogen) atoms. The van der Waals surface area contributed by atoms with E-state index in [-0.39, 0.29) is 17.6 Å². The van der Waals surface area contributed by atoms with Gasteiger partial charge in [0.15, 0.2) is 0 Å². The van der Waals surface area contributed by atoms with Crippen molar-refractivity contribution in [3.63, 3.8) is 0 Å². The summed E-state index contributed by atoms with van der Waals surface area (Å²) < 4.78 is 45.8. The second kappa shape index (κ2) is 7.62. The van der Waals surface area contributed by atoms with E-state index in [4.69, 9.17) is 4.74 Å². The highest BCUT2D eigenvalue weighted by atomic mass is 19.4. The van der Waals surface area contributed by atoms with E-state index < -0.39 is 17.3 Å². The van der Waals surface area contributed by atoms with Crippen LogP contribution in [-0.4, -0.2) is 42.5 Å². The molecule has 0 aliphatic carbocycles. The number of nitrogens with zero attached hydrogens (tertiary/aromatic N) is 1. The lowest BCUT2D eigenvalue weighted by molar-refractivity contribution is -0.138. The molecule has 2 amide bonds. The molecule has 0 aromatic heterocycles. The number of hydrogen-bond acceptors (Lipinski definition) is 4. The first kappa shape index (κ1) is 21.5. The van der Waals surface area contributed by atoms with Crippen molar-refractivity contribution >= 4 is 28.8 Å². The molecule has 2 aromatic rings. The van der Waals surface area contributed by atoms with Gasteiger partial charge < -0.3 is 15.4 Å². The minimum Gasteiger partial charge on any atom is -0.484 e. The molecule has 0 saturated carbocycles. The lowest BCUT2D eigenvalue weighted by Crippen LogP contribution is -2.64. The monoisotopic (exact) mass is 457 g/mol. The first-order valence-corrected chi connectivity index (χ1v) is 10.6. The maximum atomic E-state index is 13.3. The van der Waals surface area contributed by atoms with E-state index in [0.29, 0.717) is 54.9 Å². The van der Waals surface area contributed by atoms with Crippen LogP contribution in [0.5, 0.6) is 5.75 Å². The zero-order valence-electron chi connectivity index (χ0n) is 17.9. The normalized spacial score (nSPS) is 20.4. The Morgan fingerprint density at radius 2 is 2.00 bits per heavy atom. The third-order valence-corrected chi connectivity index (χ3v) is 6.23. The number of hydrogen-bond donors (Lipinski definition) is 2. The van der Waals surface area contributed by atoms with Crippen LogP contribution < -0.4 is 15.4 Å². The fourth-order valence-corrected chi connectivity index (χ4v) is 4.87. The van der Waals surface area contributed by atoms with E-state index >= 15 is 0 Å². The summed E-state index contributed by atoms with van der Waals surface area (Å²) in [6.07, 6.45) is -1.77. The van der Waals surface area contributed by atoms with Crippen molar-refractivity contribution in [3.05, 3.63) is 59.2 Å². The van der Waals surface area contributed by atoms with Crippen molar-refractivity contribution in [3.8, 4) is 5.75 Å². The van der Waals surface area contributed by atoms with Gasteiger partial charge in [-0.1, -0.05) is 12.1 Å². The van der Waals surface area contributed by atoms with Crippen LogP contribution >= 0.6 is 0 Å². The van der Waals surface area contributed by atoms with Crippen LogP contribution in [-0.2, 0) is 22.2 Å². The molecule has 0 bridgehead atoms. The molecule has 5 rings (SSSR count).